The topological polar surface area (TPSA) is 72.5 Å². The zero-order valence-corrected chi connectivity index (χ0v) is 12.1. The molecule has 1 heterocycles. The second-order valence-corrected chi connectivity index (χ2v) is 4.24. The average molecular weight is 287 g/mol. The molecule has 0 fully saturated rings. The smallest absolute Gasteiger partial charge is 0.255 e. The summed E-state index contributed by atoms with van der Waals surface area (Å²) in [6.45, 7) is 0. The molecule has 2 N–H and O–H groups in total. The van der Waals surface area contributed by atoms with Gasteiger partial charge in [0.25, 0.3) is 5.91 Å². The standard InChI is InChI=1S/C15H17N3O3/c1-16-14-6-10(4-5-17-14)15(19)18-11-7-12(20-2)9-13(8-11)21-3/h4-9H,1-3H3,(H,16,17)(H,18,19). The number of amides is 1. The zero-order valence-electron chi connectivity index (χ0n) is 12.1. The van der Waals surface area contributed by atoms with E-state index in [1.54, 1.807) is 57.8 Å². The number of nitrogens with one attached hydrogen (secondary N) is 2. The lowest BCUT2D eigenvalue weighted by Crippen LogP contribution is -2.12. The monoisotopic (exact) mass is 287 g/mol. The fourth-order valence-electron chi connectivity index (χ4n) is 1.79. The zero-order chi connectivity index (χ0) is 15.2. The maximum atomic E-state index is 12.2. The predicted molar refractivity (Wildman–Crippen MR) is 81.3 cm³/mol. The van der Waals surface area contributed by atoms with Crippen molar-refractivity contribution in [3.05, 3.63) is 42.1 Å². The van der Waals surface area contributed by atoms with Crippen LogP contribution in [0.5, 0.6) is 11.5 Å². The molecule has 2 aromatic rings. The van der Waals surface area contributed by atoms with E-state index >= 15 is 0 Å². The number of nitrogens with zero attached hydrogens (tertiary/aromatic N) is 1. The number of hydrogen-bond acceptors (Lipinski definition) is 5. The van der Waals surface area contributed by atoms with Gasteiger partial charge in [-0.05, 0) is 12.1 Å². The van der Waals surface area contributed by atoms with Crippen LogP contribution in [0.15, 0.2) is 36.5 Å². The minimum atomic E-state index is -0.232. The Morgan fingerprint density at radius 2 is 1.76 bits per heavy atom. The van der Waals surface area contributed by atoms with Crippen molar-refractivity contribution in [1.82, 2.24) is 4.98 Å². The van der Waals surface area contributed by atoms with Crippen LogP contribution in [0.25, 0.3) is 0 Å². The highest BCUT2D eigenvalue weighted by Crippen LogP contribution is 2.26. The first-order valence-corrected chi connectivity index (χ1v) is 6.34. The summed E-state index contributed by atoms with van der Waals surface area (Å²) in [6, 6.07) is 8.50. The van der Waals surface area contributed by atoms with Crippen LogP contribution >= 0.6 is 0 Å². The number of hydrogen-bond donors (Lipinski definition) is 2. The van der Waals surface area contributed by atoms with E-state index in [2.05, 4.69) is 15.6 Å². The maximum absolute atomic E-state index is 12.2. The molecule has 1 aromatic carbocycles. The Morgan fingerprint density at radius 1 is 1.10 bits per heavy atom. The summed E-state index contributed by atoms with van der Waals surface area (Å²) >= 11 is 0. The lowest BCUT2D eigenvalue weighted by atomic mass is 10.2. The molecule has 0 aliphatic rings. The van der Waals surface area contributed by atoms with Crippen molar-refractivity contribution < 1.29 is 14.3 Å². The number of carbonyl (C=O) groups excluding carboxylic acids is 1. The Morgan fingerprint density at radius 3 is 2.33 bits per heavy atom. The Kier molecular flexibility index (Phi) is 4.61. The molecule has 0 atom stereocenters. The minimum Gasteiger partial charge on any atom is -0.497 e. The molecular formula is C15H17N3O3. The maximum Gasteiger partial charge on any atom is 0.255 e. The van der Waals surface area contributed by atoms with E-state index in [0.29, 0.717) is 28.6 Å². The van der Waals surface area contributed by atoms with E-state index in [9.17, 15) is 4.79 Å². The lowest BCUT2D eigenvalue weighted by molar-refractivity contribution is 0.102. The van der Waals surface area contributed by atoms with Crippen LogP contribution in [0.1, 0.15) is 10.4 Å². The molecule has 0 saturated carbocycles. The number of rotatable bonds is 5. The fourth-order valence-corrected chi connectivity index (χ4v) is 1.79. The third-order valence-electron chi connectivity index (χ3n) is 2.89. The van der Waals surface area contributed by atoms with E-state index in [0.717, 1.165) is 0 Å². The van der Waals surface area contributed by atoms with Gasteiger partial charge in [0.05, 0.1) is 14.2 Å². The molecule has 6 nitrogen and oxygen atoms in total. The number of methoxy groups -OCH3 is 2. The summed E-state index contributed by atoms with van der Waals surface area (Å²) in [5.41, 5.74) is 1.11. The number of aromatic nitrogens is 1. The van der Waals surface area contributed by atoms with Gasteiger partial charge in [0, 0.05) is 42.7 Å². The molecule has 0 bridgehead atoms. The number of benzene rings is 1. The molecule has 1 aromatic heterocycles. The Balaban J connectivity index is 2.22. The van der Waals surface area contributed by atoms with Gasteiger partial charge in [-0.3, -0.25) is 4.79 Å². The molecule has 0 spiro atoms. The number of anilines is 2. The van der Waals surface area contributed by atoms with Crippen LogP contribution in [0.4, 0.5) is 11.5 Å². The first-order valence-electron chi connectivity index (χ1n) is 6.34. The molecule has 1 amide bonds. The molecule has 0 saturated heterocycles. The summed E-state index contributed by atoms with van der Waals surface area (Å²) in [5.74, 6) is 1.61. The molecule has 110 valence electrons. The van der Waals surface area contributed by atoms with Crippen LogP contribution < -0.4 is 20.1 Å². The summed E-state index contributed by atoms with van der Waals surface area (Å²) < 4.78 is 10.3. The van der Waals surface area contributed by atoms with Crippen molar-refractivity contribution in [2.45, 2.75) is 0 Å². The average Bonchev–Trinajstić information content (AvgIpc) is 2.54. The second-order valence-electron chi connectivity index (χ2n) is 4.24. The van der Waals surface area contributed by atoms with Gasteiger partial charge >= 0.3 is 0 Å². The van der Waals surface area contributed by atoms with Crippen LogP contribution in [0, 0.1) is 0 Å². The summed E-state index contributed by atoms with van der Waals surface area (Å²) in [6.07, 6.45) is 1.58. The van der Waals surface area contributed by atoms with E-state index < -0.39 is 0 Å². The normalized spacial score (nSPS) is 9.86. The van der Waals surface area contributed by atoms with Gasteiger partial charge in [-0.15, -0.1) is 0 Å². The summed E-state index contributed by atoms with van der Waals surface area (Å²) in [7, 11) is 4.86. The van der Waals surface area contributed by atoms with Gasteiger partial charge in [-0.25, -0.2) is 4.98 Å². The van der Waals surface area contributed by atoms with Gasteiger partial charge in [0.15, 0.2) is 0 Å². The van der Waals surface area contributed by atoms with Crippen LogP contribution in [0.2, 0.25) is 0 Å². The Hall–Kier alpha value is -2.76. The quantitative estimate of drug-likeness (QED) is 0.883. The van der Waals surface area contributed by atoms with Crippen molar-refractivity contribution in [2.24, 2.45) is 0 Å². The van der Waals surface area contributed by atoms with Crippen LogP contribution in [-0.2, 0) is 0 Å². The van der Waals surface area contributed by atoms with Crippen molar-refractivity contribution in [2.75, 3.05) is 31.9 Å². The first-order chi connectivity index (χ1) is 10.2. The Bertz CT molecular complexity index is 622. The number of pyridine rings is 1. The minimum absolute atomic E-state index is 0.232. The SMILES string of the molecule is CNc1cc(C(=O)Nc2cc(OC)cc(OC)c2)ccn1. The number of ether oxygens (including phenoxy) is 2. The highest BCUT2D eigenvalue weighted by molar-refractivity contribution is 6.04. The van der Waals surface area contributed by atoms with Crippen molar-refractivity contribution in [1.29, 1.82) is 0 Å². The third-order valence-corrected chi connectivity index (χ3v) is 2.89. The van der Waals surface area contributed by atoms with Crippen molar-refractivity contribution >= 4 is 17.4 Å². The largest absolute Gasteiger partial charge is 0.497 e. The lowest BCUT2D eigenvalue weighted by Gasteiger charge is -2.10. The predicted octanol–water partition coefficient (Wildman–Crippen LogP) is 2.39. The van der Waals surface area contributed by atoms with Crippen LogP contribution in [0.3, 0.4) is 0 Å². The molecule has 0 aliphatic carbocycles. The fraction of sp³-hybridized carbons (Fsp3) is 0.200. The molecule has 0 aliphatic heterocycles. The van der Waals surface area contributed by atoms with E-state index in [1.165, 1.54) is 0 Å². The summed E-state index contributed by atoms with van der Waals surface area (Å²) in [4.78, 5) is 16.3. The van der Waals surface area contributed by atoms with Crippen molar-refractivity contribution in [3.8, 4) is 11.5 Å². The van der Waals surface area contributed by atoms with Gasteiger partial charge in [0.1, 0.15) is 17.3 Å². The number of carbonyl (C=O) groups is 1. The van der Waals surface area contributed by atoms with E-state index in [-0.39, 0.29) is 5.91 Å². The third kappa shape index (κ3) is 3.62. The highest BCUT2D eigenvalue weighted by atomic mass is 16.5. The molecule has 6 heteroatoms. The van der Waals surface area contributed by atoms with Gasteiger partial charge in [0.2, 0.25) is 0 Å². The molecular weight excluding hydrogens is 270 g/mol. The molecule has 0 radical (unpaired) electrons. The first kappa shape index (κ1) is 14.6. The summed E-state index contributed by atoms with van der Waals surface area (Å²) in [5, 5.41) is 5.70. The molecule has 2 rings (SSSR count). The van der Waals surface area contributed by atoms with Gasteiger partial charge in [-0.2, -0.15) is 0 Å². The van der Waals surface area contributed by atoms with Crippen LogP contribution in [-0.4, -0.2) is 32.2 Å². The molecule has 21 heavy (non-hydrogen) atoms. The van der Waals surface area contributed by atoms with Gasteiger partial charge < -0.3 is 20.1 Å². The van der Waals surface area contributed by atoms with E-state index in [1.807, 2.05) is 0 Å². The van der Waals surface area contributed by atoms with Gasteiger partial charge in [-0.1, -0.05) is 0 Å². The second kappa shape index (κ2) is 6.60. The van der Waals surface area contributed by atoms with Crippen molar-refractivity contribution in [3.63, 3.8) is 0 Å². The highest BCUT2D eigenvalue weighted by Gasteiger charge is 2.09. The Labute approximate surface area is 123 Å². The molecule has 0 unspecified atom stereocenters. The van der Waals surface area contributed by atoms with E-state index in [4.69, 9.17) is 9.47 Å².